The lowest BCUT2D eigenvalue weighted by molar-refractivity contribution is -0.119. The Labute approximate surface area is 168 Å². The fraction of sp³-hybridized carbons (Fsp3) is 0.400. The van der Waals surface area contributed by atoms with Crippen molar-refractivity contribution in [1.29, 1.82) is 0 Å². The predicted molar refractivity (Wildman–Crippen MR) is 107 cm³/mol. The highest BCUT2D eigenvalue weighted by molar-refractivity contribution is 7.14. The first kappa shape index (κ1) is 19.9. The van der Waals surface area contributed by atoms with E-state index >= 15 is 0 Å². The Bertz CT molecular complexity index is 815. The van der Waals surface area contributed by atoms with Crippen LogP contribution >= 0.6 is 22.9 Å². The lowest BCUT2D eigenvalue weighted by Gasteiger charge is -2.38. The molecular formula is C20H23ClN2O3S. The number of thiophene rings is 1. The number of ether oxygens (including phenoxy) is 1. The molecule has 3 rings (SSSR count). The number of benzene rings is 1. The molecule has 7 heteroatoms. The summed E-state index contributed by atoms with van der Waals surface area (Å²) in [6, 6.07) is 11.5. The molecule has 5 nitrogen and oxygen atoms in total. The molecule has 2 heterocycles. The van der Waals surface area contributed by atoms with Crippen LogP contribution in [0.25, 0.3) is 0 Å². The molecule has 0 saturated carbocycles. The van der Waals surface area contributed by atoms with Gasteiger partial charge in [0.25, 0.3) is 5.91 Å². The largest absolute Gasteiger partial charge is 0.381 e. The van der Waals surface area contributed by atoms with Crippen molar-refractivity contribution >= 4 is 34.8 Å². The van der Waals surface area contributed by atoms with E-state index < -0.39 is 0 Å². The van der Waals surface area contributed by atoms with Gasteiger partial charge < -0.3 is 15.4 Å². The summed E-state index contributed by atoms with van der Waals surface area (Å²) in [7, 11) is 0. The van der Waals surface area contributed by atoms with E-state index in [0.717, 1.165) is 23.3 Å². The number of hydrogen-bond donors (Lipinski definition) is 2. The van der Waals surface area contributed by atoms with Gasteiger partial charge in [0.15, 0.2) is 0 Å². The molecule has 1 saturated heterocycles. The first-order chi connectivity index (χ1) is 13.0. The minimum absolute atomic E-state index is 0.0858. The highest BCUT2D eigenvalue weighted by atomic mass is 35.5. The third-order valence-corrected chi connectivity index (χ3v) is 6.19. The number of amides is 2. The molecule has 1 aromatic heterocycles. The molecule has 2 aromatic rings. The maximum atomic E-state index is 12.6. The zero-order valence-electron chi connectivity index (χ0n) is 15.2. The van der Waals surface area contributed by atoms with Crippen LogP contribution in [0.15, 0.2) is 36.4 Å². The average molecular weight is 407 g/mol. The molecule has 1 aromatic carbocycles. The van der Waals surface area contributed by atoms with E-state index in [9.17, 15) is 9.59 Å². The van der Waals surface area contributed by atoms with Crippen LogP contribution in [0.3, 0.4) is 0 Å². The van der Waals surface area contributed by atoms with Crippen LogP contribution < -0.4 is 10.6 Å². The second-order valence-corrected chi connectivity index (χ2v) is 8.37. The number of carbonyl (C=O) groups excluding carboxylic acids is 2. The van der Waals surface area contributed by atoms with Crippen LogP contribution in [0.1, 0.15) is 39.9 Å². The number of rotatable bonds is 6. The highest BCUT2D eigenvalue weighted by Gasteiger charge is 2.35. The van der Waals surface area contributed by atoms with Gasteiger partial charge in [0.05, 0.1) is 11.4 Å². The van der Waals surface area contributed by atoms with Crippen LogP contribution in [0.5, 0.6) is 0 Å². The Morgan fingerprint density at radius 2 is 1.96 bits per heavy atom. The summed E-state index contributed by atoms with van der Waals surface area (Å²) < 4.78 is 5.54. The van der Waals surface area contributed by atoms with E-state index in [1.807, 2.05) is 24.3 Å². The summed E-state index contributed by atoms with van der Waals surface area (Å²) in [6.07, 6.45) is 1.68. The molecule has 0 bridgehead atoms. The Morgan fingerprint density at radius 1 is 1.19 bits per heavy atom. The minimum atomic E-state index is -0.172. The zero-order chi connectivity index (χ0) is 19.3. The quantitative estimate of drug-likeness (QED) is 0.771. The number of hydrogen-bond acceptors (Lipinski definition) is 4. The third kappa shape index (κ3) is 5.09. The second-order valence-electron chi connectivity index (χ2n) is 6.76. The van der Waals surface area contributed by atoms with Gasteiger partial charge in [-0.05, 0) is 42.7 Å². The second kappa shape index (κ2) is 8.87. The first-order valence-corrected chi connectivity index (χ1v) is 10.1. The number of carbonyl (C=O) groups is 2. The van der Waals surface area contributed by atoms with Gasteiger partial charge in [0, 0.05) is 42.0 Å². The lowest BCUT2D eigenvalue weighted by Crippen LogP contribution is -2.44. The fourth-order valence-electron chi connectivity index (χ4n) is 3.29. The third-order valence-electron chi connectivity index (χ3n) is 4.87. The van der Waals surface area contributed by atoms with E-state index in [4.69, 9.17) is 16.3 Å². The molecule has 0 unspecified atom stereocenters. The van der Waals surface area contributed by atoms with Gasteiger partial charge in [0.1, 0.15) is 0 Å². The van der Waals surface area contributed by atoms with E-state index in [2.05, 4.69) is 16.7 Å². The van der Waals surface area contributed by atoms with Gasteiger partial charge in [0.2, 0.25) is 5.91 Å². The topological polar surface area (TPSA) is 67.4 Å². The zero-order valence-corrected chi connectivity index (χ0v) is 16.8. The summed E-state index contributed by atoms with van der Waals surface area (Å²) in [5.41, 5.74) is 0.964. The number of halogens is 1. The number of nitrogens with one attached hydrogen (secondary N) is 2. The van der Waals surface area contributed by atoms with Crippen molar-refractivity contribution in [2.75, 3.05) is 19.8 Å². The summed E-state index contributed by atoms with van der Waals surface area (Å²) in [5, 5.41) is 6.53. The van der Waals surface area contributed by atoms with Gasteiger partial charge in [-0.15, -0.1) is 11.3 Å². The standard InChI is InChI=1S/C20H23ClN2O3S/c1-14(24)22-12-17-5-6-18(27-17)19(25)23-13-20(7-9-26-10-8-20)15-3-2-4-16(21)11-15/h2-6,11H,7-10,12-13H2,1H3,(H,22,24)(H,23,25). The Balaban J connectivity index is 1.68. The van der Waals surface area contributed by atoms with Crippen LogP contribution in [0.2, 0.25) is 5.02 Å². The van der Waals surface area contributed by atoms with Gasteiger partial charge >= 0.3 is 0 Å². The Kier molecular flexibility index (Phi) is 6.52. The molecule has 0 radical (unpaired) electrons. The fourth-order valence-corrected chi connectivity index (χ4v) is 4.35. The van der Waals surface area contributed by atoms with E-state index in [-0.39, 0.29) is 17.2 Å². The molecule has 144 valence electrons. The van der Waals surface area contributed by atoms with Gasteiger partial charge in [-0.2, -0.15) is 0 Å². The average Bonchev–Trinajstić information content (AvgIpc) is 3.14. The monoisotopic (exact) mass is 406 g/mol. The van der Waals surface area contributed by atoms with E-state index in [1.54, 1.807) is 6.07 Å². The lowest BCUT2D eigenvalue weighted by atomic mass is 9.74. The summed E-state index contributed by atoms with van der Waals surface area (Å²) >= 11 is 7.59. The Hall–Kier alpha value is -1.89. The summed E-state index contributed by atoms with van der Waals surface area (Å²) in [6.45, 7) is 3.79. The van der Waals surface area contributed by atoms with Crippen molar-refractivity contribution in [2.24, 2.45) is 0 Å². The normalized spacial score (nSPS) is 15.9. The highest BCUT2D eigenvalue weighted by Crippen LogP contribution is 2.35. The van der Waals surface area contributed by atoms with Crippen molar-refractivity contribution in [3.63, 3.8) is 0 Å². The molecule has 0 spiro atoms. The van der Waals surface area contributed by atoms with Gasteiger partial charge in [-0.25, -0.2) is 0 Å². The first-order valence-electron chi connectivity index (χ1n) is 8.94. The molecule has 2 N–H and O–H groups in total. The van der Waals surface area contributed by atoms with E-state index in [0.29, 0.717) is 36.2 Å². The van der Waals surface area contributed by atoms with Crippen molar-refractivity contribution in [3.05, 3.63) is 56.7 Å². The van der Waals surface area contributed by atoms with Crippen molar-refractivity contribution in [3.8, 4) is 0 Å². The molecule has 0 atom stereocenters. The summed E-state index contributed by atoms with van der Waals surface area (Å²) in [4.78, 5) is 25.3. The van der Waals surface area contributed by atoms with Gasteiger partial charge in [-0.3, -0.25) is 9.59 Å². The van der Waals surface area contributed by atoms with Crippen molar-refractivity contribution in [2.45, 2.75) is 31.7 Å². The SMILES string of the molecule is CC(=O)NCc1ccc(C(=O)NCC2(c3cccc(Cl)c3)CCOCC2)s1. The molecule has 1 aliphatic heterocycles. The predicted octanol–water partition coefficient (Wildman–Crippen LogP) is 3.52. The summed E-state index contributed by atoms with van der Waals surface area (Å²) in [5.74, 6) is -0.181. The van der Waals surface area contributed by atoms with E-state index in [1.165, 1.54) is 18.3 Å². The maximum Gasteiger partial charge on any atom is 0.261 e. The van der Waals surface area contributed by atoms with Crippen LogP contribution in [0.4, 0.5) is 0 Å². The van der Waals surface area contributed by atoms with Crippen LogP contribution in [0, 0.1) is 0 Å². The molecule has 2 amide bonds. The van der Waals surface area contributed by atoms with Crippen molar-refractivity contribution < 1.29 is 14.3 Å². The molecule has 1 fully saturated rings. The van der Waals surface area contributed by atoms with Crippen LogP contribution in [-0.4, -0.2) is 31.6 Å². The van der Waals surface area contributed by atoms with Gasteiger partial charge in [-0.1, -0.05) is 23.7 Å². The smallest absolute Gasteiger partial charge is 0.261 e. The Morgan fingerprint density at radius 3 is 2.67 bits per heavy atom. The molecule has 1 aliphatic rings. The molecule has 0 aliphatic carbocycles. The van der Waals surface area contributed by atoms with Crippen LogP contribution in [-0.2, 0) is 21.5 Å². The van der Waals surface area contributed by atoms with Crippen molar-refractivity contribution in [1.82, 2.24) is 10.6 Å². The maximum absolute atomic E-state index is 12.6. The molecule has 27 heavy (non-hydrogen) atoms. The molecular weight excluding hydrogens is 384 g/mol. The minimum Gasteiger partial charge on any atom is -0.381 e.